The van der Waals surface area contributed by atoms with Gasteiger partial charge in [0.15, 0.2) is 6.10 Å². The molecule has 5 aliphatic rings. The minimum atomic E-state index is -1.84. The number of Topliss-reactive ketones (excluding diaryl/α,β-unsaturated/α-hetero) is 1. The van der Waals surface area contributed by atoms with Crippen LogP contribution in [0.1, 0.15) is 78.6 Å². The highest BCUT2D eigenvalue weighted by Crippen LogP contribution is 2.73. The van der Waals surface area contributed by atoms with Crippen LogP contribution in [0.15, 0.2) is 0 Å². The lowest BCUT2D eigenvalue weighted by molar-refractivity contribution is -0.292. The highest BCUT2D eigenvalue weighted by molar-refractivity contribution is 5.88. The predicted molar refractivity (Wildman–Crippen MR) is 121 cm³/mol. The Morgan fingerprint density at radius 3 is 2.31 bits per heavy atom. The molecule has 0 aromatic rings. The first-order valence-corrected chi connectivity index (χ1v) is 12.9. The van der Waals surface area contributed by atoms with Crippen LogP contribution in [0.25, 0.3) is 0 Å². The van der Waals surface area contributed by atoms with E-state index in [9.17, 15) is 34.8 Å². The van der Waals surface area contributed by atoms with Crippen molar-refractivity contribution in [1.29, 1.82) is 0 Å². The largest absolute Gasteiger partial charge is 0.479 e. The van der Waals surface area contributed by atoms with Gasteiger partial charge in [-0.1, -0.05) is 20.3 Å². The average Bonchev–Trinajstić information content (AvgIpc) is 2.96. The van der Waals surface area contributed by atoms with E-state index < -0.39 is 48.1 Å². The highest BCUT2D eigenvalue weighted by atomic mass is 16.7. The Morgan fingerprint density at radius 1 is 0.943 bits per heavy atom. The summed E-state index contributed by atoms with van der Waals surface area (Å²) >= 11 is 0. The van der Waals surface area contributed by atoms with Crippen molar-refractivity contribution in [3.8, 4) is 0 Å². The van der Waals surface area contributed by atoms with E-state index in [0.29, 0.717) is 24.5 Å². The van der Waals surface area contributed by atoms with E-state index in [1.807, 2.05) is 6.92 Å². The first-order chi connectivity index (χ1) is 16.3. The first-order valence-electron chi connectivity index (χ1n) is 12.9. The molecule has 11 atom stereocenters. The van der Waals surface area contributed by atoms with Crippen LogP contribution in [-0.4, -0.2) is 68.9 Å². The van der Waals surface area contributed by atoms with E-state index >= 15 is 0 Å². The second-order valence-electron chi connectivity index (χ2n) is 12.8. The normalized spacial score (nSPS) is 53.4. The van der Waals surface area contributed by atoms with Gasteiger partial charge < -0.3 is 29.9 Å². The number of aliphatic carboxylic acids is 1. The highest BCUT2D eigenvalue weighted by Gasteiger charge is 2.68. The zero-order valence-corrected chi connectivity index (χ0v) is 20.7. The fourth-order valence-electron chi connectivity index (χ4n) is 9.14. The maximum Gasteiger partial charge on any atom is 0.335 e. The molecule has 5 rings (SSSR count). The van der Waals surface area contributed by atoms with E-state index in [4.69, 9.17) is 9.47 Å². The van der Waals surface area contributed by atoms with Crippen LogP contribution in [0.3, 0.4) is 0 Å². The SMILES string of the molecule is C[C@@]12CC[C@@H]3[C@@](CC[C@H]4[C@@]3(C)CCC[C@@]4(C)C(=O)O[C@@H]3O[C@H](C(=O)O)[C@@H](O)[C@H](O)[C@@H]3O)(CC1=O)C2. The first kappa shape index (κ1) is 25.1. The number of carbonyl (C=O) groups excluding carboxylic acids is 2. The van der Waals surface area contributed by atoms with Crippen molar-refractivity contribution >= 4 is 17.7 Å². The second-order valence-corrected chi connectivity index (χ2v) is 12.8. The minimum absolute atomic E-state index is 0.00905. The van der Waals surface area contributed by atoms with Gasteiger partial charge in [0.2, 0.25) is 6.29 Å². The number of rotatable bonds is 3. The summed E-state index contributed by atoms with van der Waals surface area (Å²) in [6.07, 6.45) is -1.40. The molecule has 9 nitrogen and oxygen atoms in total. The molecule has 9 heteroatoms. The number of hydrogen-bond donors (Lipinski definition) is 4. The number of hydrogen-bond acceptors (Lipinski definition) is 8. The lowest BCUT2D eigenvalue weighted by Crippen LogP contribution is -2.62. The summed E-state index contributed by atoms with van der Waals surface area (Å²) < 4.78 is 10.8. The van der Waals surface area contributed by atoms with Gasteiger partial charge in [0.05, 0.1) is 5.41 Å². The summed E-state index contributed by atoms with van der Waals surface area (Å²) in [5, 5.41) is 39.7. The van der Waals surface area contributed by atoms with Crippen LogP contribution in [-0.2, 0) is 23.9 Å². The molecule has 0 amide bonds. The summed E-state index contributed by atoms with van der Waals surface area (Å²) in [7, 11) is 0. The second kappa shape index (κ2) is 7.97. The van der Waals surface area contributed by atoms with E-state index in [-0.39, 0.29) is 22.2 Å². The fourth-order valence-corrected chi connectivity index (χ4v) is 9.14. The van der Waals surface area contributed by atoms with Gasteiger partial charge in [-0.25, -0.2) is 4.79 Å². The van der Waals surface area contributed by atoms with E-state index in [1.165, 1.54) is 0 Å². The molecule has 4 aliphatic carbocycles. The summed E-state index contributed by atoms with van der Waals surface area (Å²) in [5.41, 5.74) is -1.21. The summed E-state index contributed by atoms with van der Waals surface area (Å²) in [4.78, 5) is 38.0. The van der Waals surface area contributed by atoms with Crippen LogP contribution in [0.5, 0.6) is 0 Å². The topological polar surface area (TPSA) is 151 Å². The van der Waals surface area contributed by atoms with E-state index in [2.05, 4.69) is 13.8 Å². The molecule has 1 aliphatic heterocycles. The Hall–Kier alpha value is -1.55. The molecule has 4 saturated carbocycles. The standard InChI is InChI=1S/C26H38O9/c1-23-9-5-14-24(2)7-4-8-25(3,13(24)6-10-26(14,12-23)11-15(23)27)22(33)35-21-18(30)16(28)17(29)19(34-21)20(31)32/h13-14,16-19,21,28-30H,4-12H2,1-3H3,(H,31,32)/t13-,14-,16-,17-,18-,19-,21-,23-,24+,25+,26-/m0/s1. The Morgan fingerprint density at radius 2 is 1.63 bits per heavy atom. The summed E-state index contributed by atoms with van der Waals surface area (Å²) in [6.45, 7) is 6.27. The third-order valence-corrected chi connectivity index (χ3v) is 10.9. The van der Waals surface area contributed by atoms with Crippen molar-refractivity contribution in [2.75, 3.05) is 0 Å². The van der Waals surface area contributed by atoms with Gasteiger partial charge >= 0.3 is 11.9 Å². The molecule has 1 saturated heterocycles. The summed E-state index contributed by atoms with van der Waals surface area (Å²) in [5.74, 6) is -1.35. The number of aliphatic hydroxyl groups is 3. The fraction of sp³-hybridized carbons (Fsp3) is 0.885. The molecule has 0 aromatic carbocycles. The maximum absolute atomic E-state index is 13.7. The van der Waals surface area contributed by atoms with Gasteiger partial charge in [0.25, 0.3) is 0 Å². The monoisotopic (exact) mass is 494 g/mol. The third-order valence-electron chi connectivity index (χ3n) is 10.9. The molecule has 35 heavy (non-hydrogen) atoms. The Balaban J connectivity index is 1.39. The molecular formula is C26H38O9. The number of ether oxygens (including phenoxy) is 2. The lowest BCUT2D eigenvalue weighted by Gasteiger charge is -2.64. The summed E-state index contributed by atoms with van der Waals surface area (Å²) in [6, 6.07) is 0. The van der Waals surface area contributed by atoms with Gasteiger partial charge in [0.1, 0.15) is 24.1 Å². The van der Waals surface area contributed by atoms with Gasteiger partial charge in [-0.15, -0.1) is 0 Å². The number of carboxylic acids is 1. The quantitative estimate of drug-likeness (QED) is 0.431. The van der Waals surface area contributed by atoms with Crippen LogP contribution in [0.4, 0.5) is 0 Å². The van der Waals surface area contributed by atoms with Crippen molar-refractivity contribution in [3.63, 3.8) is 0 Å². The van der Waals surface area contributed by atoms with Crippen molar-refractivity contribution in [1.82, 2.24) is 0 Å². The molecule has 4 N–H and O–H groups in total. The smallest absolute Gasteiger partial charge is 0.335 e. The molecular weight excluding hydrogens is 456 g/mol. The lowest BCUT2D eigenvalue weighted by atomic mass is 9.40. The van der Waals surface area contributed by atoms with Crippen molar-refractivity contribution in [2.24, 2.45) is 33.5 Å². The number of ketones is 1. The third kappa shape index (κ3) is 3.45. The molecule has 5 fully saturated rings. The molecule has 0 unspecified atom stereocenters. The molecule has 1 heterocycles. The number of esters is 1. The minimum Gasteiger partial charge on any atom is -0.479 e. The molecule has 196 valence electrons. The Kier molecular flexibility index (Phi) is 5.72. The van der Waals surface area contributed by atoms with Gasteiger partial charge in [-0.3, -0.25) is 9.59 Å². The van der Waals surface area contributed by atoms with Crippen LogP contribution >= 0.6 is 0 Å². The molecule has 1 spiro atoms. The number of fused-ring (bicyclic) bond motifs is 3. The van der Waals surface area contributed by atoms with Gasteiger partial charge in [-0.2, -0.15) is 0 Å². The zero-order valence-electron chi connectivity index (χ0n) is 20.7. The number of aliphatic hydroxyl groups excluding tert-OH is 3. The van der Waals surface area contributed by atoms with Crippen LogP contribution in [0, 0.1) is 33.5 Å². The predicted octanol–water partition coefficient (Wildman–Crippen LogP) is 1.79. The zero-order chi connectivity index (χ0) is 25.6. The van der Waals surface area contributed by atoms with E-state index in [0.717, 1.165) is 44.9 Å². The van der Waals surface area contributed by atoms with Crippen LogP contribution in [0.2, 0.25) is 0 Å². The maximum atomic E-state index is 13.7. The Labute approximate surface area is 205 Å². The van der Waals surface area contributed by atoms with Gasteiger partial charge in [0, 0.05) is 11.8 Å². The van der Waals surface area contributed by atoms with E-state index in [1.54, 1.807) is 0 Å². The average molecular weight is 495 g/mol. The molecule has 2 bridgehead atoms. The van der Waals surface area contributed by atoms with Crippen molar-refractivity contribution in [3.05, 3.63) is 0 Å². The molecule has 0 aromatic heterocycles. The van der Waals surface area contributed by atoms with Crippen LogP contribution < -0.4 is 0 Å². The van der Waals surface area contributed by atoms with Crippen molar-refractivity contribution in [2.45, 2.75) is 109 Å². The van der Waals surface area contributed by atoms with Crippen molar-refractivity contribution < 1.29 is 44.3 Å². The number of carboxylic acid groups (broad SMARTS) is 1. The Bertz CT molecular complexity index is 936. The molecule has 0 radical (unpaired) electrons. The number of carbonyl (C=O) groups is 3. The van der Waals surface area contributed by atoms with Gasteiger partial charge in [-0.05, 0) is 74.5 Å².